The van der Waals surface area contributed by atoms with Gasteiger partial charge in [0, 0.05) is 18.3 Å². The Balaban J connectivity index is 0.000000758. The summed E-state index contributed by atoms with van der Waals surface area (Å²) in [6.07, 6.45) is 8.51. The summed E-state index contributed by atoms with van der Waals surface area (Å²) in [5, 5.41) is 10.5. The van der Waals surface area contributed by atoms with Crippen LogP contribution in [-0.2, 0) is 20.8 Å². The number of benzene rings is 2. The average Bonchev–Trinajstić information content (AvgIpc) is 2.67. The number of phenols is 1. The van der Waals surface area contributed by atoms with Crippen LogP contribution in [0.25, 0.3) is 11.1 Å². The van der Waals surface area contributed by atoms with Gasteiger partial charge in [-0.25, -0.2) is 0 Å². The van der Waals surface area contributed by atoms with E-state index >= 15 is 0 Å². The first kappa shape index (κ1) is 21.7. The van der Waals surface area contributed by atoms with Crippen molar-refractivity contribution < 1.29 is 26.0 Å². The molecule has 1 fully saturated rings. The maximum atomic E-state index is 10.5. The standard InChI is InChI=1S/C21H25NO.2ClH.Zr/c1-16-12-13-19(18-10-6-3-7-11-18)20(21(16)23)15-22-14-17-8-4-2-5-9-17;;;/h3,6-7,10-13,15,17,23H,2,4-5,8-9,14H2,1H3;2*1H;/q;;;+2/p-2. The number of hydrogen-bond acceptors (Lipinski definition) is 2. The Labute approximate surface area is 175 Å². The zero-order chi connectivity index (χ0) is 18.8. The quantitative estimate of drug-likeness (QED) is 0.494. The van der Waals surface area contributed by atoms with Crippen molar-refractivity contribution in [2.45, 2.75) is 39.0 Å². The van der Waals surface area contributed by atoms with E-state index in [1.54, 1.807) is 0 Å². The molecule has 26 heavy (non-hydrogen) atoms. The van der Waals surface area contributed by atoms with Crippen LogP contribution in [0, 0.1) is 12.8 Å². The van der Waals surface area contributed by atoms with Crippen LogP contribution in [0.3, 0.4) is 0 Å². The molecular formula is C21H25Cl2NOZr. The number of rotatable bonds is 4. The van der Waals surface area contributed by atoms with Gasteiger partial charge in [0.15, 0.2) is 0 Å². The summed E-state index contributed by atoms with van der Waals surface area (Å²) in [6, 6.07) is 14.2. The Bertz CT molecular complexity index is 701. The molecule has 0 heterocycles. The van der Waals surface area contributed by atoms with Crippen LogP contribution in [0.1, 0.15) is 43.2 Å². The first-order valence-electron chi connectivity index (χ1n) is 9.01. The van der Waals surface area contributed by atoms with Gasteiger partial charge in [-0.15, -0.1) is 0 Å². The SMILES string of the molecule is Cc1ccc(-c2ccccc2)c(C=NCC2CCCCC2)c1O.[Cl][Zr][Cl]. The number of aromatic hydroxyl groups is 1. The van der Waals surface area contributed by atoms with E-state index in [9.17, 15) is 5.11 Å². The summed E-state index contributed by atoms with van der Waals surface area (Å²) < 4.78 is 0. The molecule has 1 aliphatic carbocycles. The molecule has 138 valence electrons. The fraction of sp³-hybridized carbons (Fsp3) is 0.381. The van der Waals surface area contributed by atoms with E-state index in [1.165, 1.54) is 32.1 Å². The summed E-state index contributed by atoms with van der Waals surface area (Å²) in [5.41, 5.74) is 3.89. The zero-order valence-corrected chi connectivity index (χ0v) is 19.1. The fourth-order valence-corrected chi connectivity index (χ4v) is 3.38. The third-order valence-corrected chi connectivity index (χ3v) is 4.81. The van der Waals surface area contributed by atoms with Crippen molar-refractivity contribution in [2.75, 3.05) is 6.54 Å². The van der Waals surface area contributed by atoms with Gasteiger partial charge >= 0.3 is 37.9 Å². The van der Waals surface area contributed by atoms with Crippen LogP contribution in [0.5, 0.6) is 5.75 Å². The van der Waals surface area contributed by atoms with Gasteiger partial charge in [0.05, 0.1) is 0 Å². The average molecular weight is 470 g/mol. The molecule has 2 aromatic rings. The second-order valence-electron chi connectivity index (χ2n) is 6.63. The Kier molecular flexibility index (Phi) is 9.96. The number of halogens is 2. The minimum atomic E-state index is -0.826. The Morgan fingerprint density at radius 3 is 2.38 bits per heavy atom. The molecule has 1 aliphatic rings. The predicted molar refractivity (Wildman–Crippen MR) is 109 cm³/mol. The minimum absolute atomic E-state index is 0.346. The molecule has 2 aromatic carbocycles. The Hall–Kier alpha value is -0.627. The van der Waals surface area contributed by atoms with Crippen LogP contribution in [-0.4, -0.2) is 17.9 Å². The number of aliphatic imine (C=N–C) groups is 1. The molecule has 0 radical (unpaired) electrons. The molecular weight excluding hydrogens is 444 g/mol. The maximum absolute atomic E-state index is 10.5. The summed E-state index contributed by atoms with van der Waals surface area (Å²) >= 11 is -0.826. The van der Waals surface area contributed by atoms with Crippen molar-refractivity contribution in [1.82, 2.24) is 0 Å². The van der Waals surface area contributed by atoms with Gasteiger partial charge in [0.25, 0.3) is 0 Å². The molecule has 2 nitrogen and oxygen atoms in total. The Morgan fingerprint density at radius 1 is 1.08 bits per heavy atom. The molecule has 0 aromatic heterocycles. The molecule has 5 heteroatoms. The van der Waals surface area contributed by atoms with E-state index in [4.69, 9.17) is 17.0 Å². The molecule has 0 unspecified atom stereocenters. The molecule has 0 bridgehead atoms. The van der Waals surface area contributed by atoms with Crippen LogP contribution in [0.2, 0.25) is 0 Å². The Morgan fingerprint density at radius 2 is 1.73 bits per heavy atom. The molecule has 1 N–H and O–H groups in total. The summed E-state index contributed by atoms with van der Waals surface area (Å²) in [7, 11) is 9.87. The van der Waals surface area contributed by atoms with Crippen molar-refractivity contribution in [1.29, 1.82) is 0 Å². The van der Waals surface area contributed by atoms with Gasteiger partial charge in [-0.3, -0.25) is 4.99 Å². The van der Waals surface area contributed by atoms with Gasteiger partial charge in [-0.1, -0.05) is 61.7 Å². The normalized spacial score (nSPS) is 14.7. The summed E-state index contributed by atoms with van der Waals surface area (Å²) in [4.78, 5) is 4.67. The van der Waals surface area contributed by atoms with Gasteiger partial charge < -0.3 is 5.11 Å². The van der Waals surface area contributed by atoms with Gasteiger partial charge in [-0.05, 0) is 42.4 Å². The van der Waals surface area contributed by atoms with E-state index in [2.05, 4.69) is 23.2 Å². The molecule has 0 amide bonds. The monoisotopic (exact) mass is 467 g/mol. The second-order valence-corrected chi connectivity index (χ2v) is 10.4. The van der Waals surface area contributed by atoms with Crippen molar-refractivity contribution >= 4 is 23.2 Å². The summed E-state index contributed by atoms with van der Waals surface area (Å²) in [6.45, 7) is 2.81. The van der Waals surface area contributed by atoms with Crippen molar-refractivity contribution in [3.8, 4) is 16.9 Å². The molecule has 1 saturated carbocycles. The second kappa shape index (κ2) is 12.0. The fourth-order valence-electron chi connectivity index (χ4n) is 3.38. The molecule has 0 aliphatic heterocycles. The van der Waals surface area contributed by atoms with Crippen LogP contribution in [0.4, 0.5) is 0 Å². The third-order valence-electron chi connectivity index (χ3n) is 4.81. The van der Waals surface area contributed by atoms with E-state index in [1.807, 2.05) is 37.4 Å². The predicted octanol–water partition coefficient (Wildman–Crippen LogP) is 6.74. The van der Waals surface area contributed by atoms with Crippen LogP contribution >= 0.6 is 17.0 Å². The van der Waals surface area contributed by atoms with Crippen LogP contribution in [0.15, 0.2) is 47.5 Å². The molecule has 0 spiro atoms. The number of aryl methyl sites for hydroxylation is 1. The van der Waals surface area contributed by atoms with Crippen molar-refractivity contribution in [3.05, 3.63) is 53.6 Å². The topological polar surface area (TPSA) is 32.6 Å². The van der Waals surface area contributed by atoms with Gasteiger partial charge in [-0.2, -0.15) is 0 Å². The first-order valence-corrected chi connectivity index (χ1v) is 15.3. The summed E-state index contributed by atoms with van der Waals surface area (Å²) in [5.74, 6) is 1.06. The van der Waals surface area contributed by atoms with E-state index < -0.39 is 20.8 Å². The third kappa shape index (κ3) is 6.52. The molecule has 0 atom stereocenters. The van der Waals surface area contributed by atoms with E-state index in [0.717, 1.165) is 28.8 Å². The van der Waals surface area contributed by atoms with Crippen LogP contribution < -0.4 is 0 Å². The molecule has 0 saturated heterocycles. The van der Waals surface area contributed by atoms with Crippen molar-refractivity contribution in [2.24, 2.45) is 10.9 Å². The number of hydrogen-bond donors (Lipinski definition) is 1. The van der Waals surface area contributed by atoms with Gasteiger partial charge in [0.1, 0.15) is 5.75 Å². The zero-order valence-electron chi connectivity index (χ0n) is 15.1. The van der Waals surface area contributed by atoms with Gasteiger partial charge in [0.2, 0.25) is 0 Å². The van der Waals surface area contributed by atoms with Crippen molar-refractivity contribution in [3.63, 3.8) is 0 Å². The number of phenolic OH excluding ortho intramolecular Hbond substituents is 1. The van der Waals surface area contributed by atoms with E-state index in [0.29, 0.717) is 11.7 Å². The van der Waals surface area contributed by atoms with E-state index in [-0.39, 0.29) is 0 Å². The first-order chi connectivity index (χ1) is 12.7. The number of nitrogens with zero attached hydrogens (tertiary/aromatic N) is 1. The molecule has 3 rings (SSSR count).